The summed E-state index contributed by atoms with van der Waals surface area (Å²) in [5.74, 6) is -3.48. The number of pyridine rings is 1. The lowest BCUT2D eigenvalue weighted by Gasteiger charge is -2.47. The third-order valence-electron chi connectivity index (χ3n) is 6.91. The van der Waals surface area contributed by atoms with Crippen molar-refractivity contribution in [3.8, 4) is 0 Å². The summed E-state index contributed by atoms with van der Waals surface area (Å²) in [6, 6.07) is -1.52. The summed E-state index contributed by atoms with van der Waals surface area (Å²) < 4.78 is 56.3. The van der Waals surface area contributed by atoms with Gasteiger partial charge in [0.25, 0.3) is 0 Å². The van der Waals surface area contributed by atoms with Crippen molar-refractivity contribution in [1.29, 1.82) is 0 Å². The molecule has 232 valence electrons. The highest BCUT2D eigenvalue weighted by molar-refractivity contribution is 6.04. The van der Waals surface area contributed by atoms with Crippen molar-refractivity contribution in [3.05, 3.63) is 29.6 Å². The summed E-state index contributed by atoms with van der Waals surface area (Å²) in [6.45, 7) is 3.87. The van der Waals surface area contributed by atoms with Crippen LogP contribution >= 0.6 is 0 Å². The van der Waals surface area contributed by atoms with Crippen LogP contribution in [0.5, 0.6) is 0 Å². The zero-order valence-corrected chi connectivity index (χ0v) is 23.6. The Bertz CT molecular complexity index is 1160. The monoisotopic (exact) mass is 600 g/mol. The number of halogens is 3. The van der Waals surface area contributed by atoms with Gasteiger partial charge >= 0.3 is 36.1 Å². The molecule has 1 aromatic heterocycles. The number of esters is 3. The predicted molar refractivity (Wildman–Crippen MR) is 138 cm³/mol. The molecule has 15 heteroatoms. The molecule has 4 amide bonds. The van der Waals surface area contributed by atoms with Crippen LogP contribution in [0.25, 0.3) is 0 Å². The van der Waals surface area contributed by atoms with Gasteiger partial charge in [0, 0.05) is 6.20 Å². The van der Waals surface area contributed by atoms with E-state index in [4.69, 9.17) is 14.2 Å². The number of imide groups is 1. The van der Waals surface area contributed by atoms with E-state index in [2.05, 4.69) is 4.98 Å². The maximum absolute atomic E-state index is 13.9. The van der Waals surface area contributed by atoms with E-state index in [1.807, 2.05) is 5.32 Å². The topological polar surface area (TPSA) is 144 Å². The summed E-state index contributed by atoms with van der Waals surface area (Å²) in [4.78, 5) is 67.7. The highest BCUT2D eigenvalue weighted by Gasteiger charge is 2.55. The Labute approximate surface area is 240 Å². The molecule has 1 saturated carbocycles. The quantitative estimate of drug-likeness (QED) is 0.297. The van der Waals surface area contributed by atoms with Crippen LogP contribution in [-0.4, -0.2) is 76.5 Å². The number of hydrogen-bond donors (Lipinski definition) is 1. The van der Waals surface area contributed by atoms with E-state index in [1.165, 1.54) is 25.3 Å². The predicted octanol–water partition coefficient (Wildman–Crippen LogP) is 3.67. The fourth-order valence-corrected chi connectivity index (χ4v) is 4.81. The lowest BCUT2D eigenvalue weighted by Crippen LogP contribution is -2.74. The summed E-state index contributed by atoms with van der Waals surface area (Å²) in [5.41, 5.74) is 0.653. The molecule has 1 saturated heterocycles. The molecule has 0 aromatic carbocycles. The third kappa shape index (κ3) is 8.32. The molecular formula is C27H35F3N4O8. The van der Waals surface area contributed by atoms with Gasteiger partial charge in [-0.05, 0) is 43.4 Å². The molecule has 1 aliphatic carbocycles. The van der Waals surface area contributed by atoms with Crippen LogP contribution in [0.2, 0.25) is 0 Å². The number of carbonyl (C=O) groups excluding carboxylic acids is 5. The molecule has 3 rings (SSSR count). The molecule has 1 aromatic rings. The molecule has 1 aliphatic heterocycles. The van der Waals surface area contributed by atoms with Gasteiger partial charge in [0.2, 0.25) is 13.0 Å². The minimum atomic E-state index is -4.74. The second-order valence-electron chi connectivity index (χ2n) is 10.4. The first-order valence-electron chi connectivity index (χ1n) is 13.7. The second-order valence-corrected chi connectivity index (χ2v) is 10.4. The van der Waals surface area contributed by atoms with Gasteiger partial charge in [0.05, 0.1) is 31.2 Å². The van der Waals surface area contributed by atoms with Gasteiger partial charge in [-0.1, -0.05) is 33.1 Å². The lowest BCUT2D eigenvalue weighted by atomic mass is 9.83. The molecule has 0 spiro atoms. The van der Waals surface area contributed by atoms with Gasteiger partial charge in [-0.3, -0.25) is 19.5 Å². The Kier molecular flexibility index (Phi) is 11.1. The van der Waals surface area contributed by atoms with E-state index in [-0.39, 0.29) is 38.1 Å². The SMILES string of the molecule is CCOC(=O)[C@@H]1N(Cc2ccnc(CC(=O)OCOC(=O)C(C)C)c2)C(=O)N1C(=O)N[C@@H](C1CCCCC1)C(F)(F)F. The van der Waals surface area contributed by atoms with Crippen molar-refractivity contribution in [1.82, 2.24) is 20.1 Å². The molecular weight excluding hydrogens is 565 g/mol. The zero-order valence-electron chi connectivity index (χ0n) is 23.6. The smallest absolute Gasteiger partial charge is 0.408 e. The minimum absolute atomic E-state index is 0.0892. The van der Waals surface area contributed by atoms with Crippen molar-refractivity contribution in [3.63, 3.8) is 0 Å². The number of hydrogen-bond acceptors (Lipinski definition) is 9. The van der Waals surface area contributed by atoms with Crippen LogP contribution in [-0.2, 0) is 41.6 Å². The first-order chi connectivity index (χ1) is 19.8. The lowest BCUT2D eigenvalue weighted by molar-refractivity contribution is -0.170. The largest absolute Gasteiger partial charge is 0.463 e. The molecule has 2 fully saturated rings. The number of amides is 4. The average Bonchev–Trinajstić information content (AvgIpc) is 2.93. The van der Waals surface area contributed by atoms with Gasteiger partial charge in [-0.2, -0.15) is 13.2 Å². The number of ether oxygens (including phenoxy) is 3. The Morgan fingerprint density at radius 2 is 1.79 bits per heavy atom. The van der Waals surface area contributed by atoms with E-state index >= 15 is 0 Å². The van der Waals surface area contributed by atoms with Crippen LogP contribution in [0.4, 0.5) is 22.8 Å². The number of aromatic nitrogens is 1. The third-order valence-corrected chi connectivity index (χ3v) is 6.91. The summed E-state index contributed by atoms with van der Waals surface area (Å²) in [7, 11) is 0. The molecule has 42 heavy (non-hydrogen) atoms. The standard InChI is InChI=1S/C27H35F3N4O8/c1-4-40-24(37)22-33(14-17-10-11-31-19(12-17)13-20(35)41-15-42-23(36)16(2)3)26(39)34(22)25(38)32-21(27(28,29)30)18-8-6-5-7-9-18/h10-12,16,18,21-22H,4-9,13-15H2,1-3H3,(H,32,38)/t21-,22+/m0/s1. The Hall–Kier alpha value is -3.91. The fourth-order valence-electron chi connectivity index (χ4n) is 4.81. The Balaban J connectivity index is 1.68. The molecule has 12 nitrogen and oxygen atoms in total. The maximum atomic E-state index is 13.9. The van der Waals surface area contributed by atoms with E-state index in [1.54, 1.807) is 13.8 Å². The van der Waals surface area contributed by atoms with Crippen LogP contribution in [0.15, 0.2) is 18.3 Å². The number of nitrogens with zero attached hydrogens (tertiary/aromatic N) is 3. The molecule has 0 radical (unpaired) electrons. The average molecular weight is 601 g/mol. The van der Waals surface area contributed by atoms with Gasteiger partial charge < -0.3 is 19.5 Å². The van der Waals surface area contributed by atoms with Gasteiger partial charge in [-0.15, -0.1) is 0 Å². The second kappa shape index (κ2) is 14.3. The molecule has 0 unspecified atom stereocenters. The van der Waals surface area contributed by atoms with Crippen molar-refractivity contribution in [2.45, 2.75) is 84.2 Å². The molecule has 0 bridgehead atoms. The van der Waals surface area contributed by atoms with E-state index in [9.17, 15) is 37.1 Å². The van der Waals surface area contributed by atoms with Crippen LogP contribution < -0.4 is 5.32 Å². The number of nitrogens with one attached hydrogen (secondary N) is 1. The molecule has 2 aliphatic rings. The van der Waals surface area contributed by atoms with Gasteiger partial charge in [0.1, 0.15) is 6.04 Å². The maximum Gasteiger partial charge on any atom is 0.408 e. The Morgan fingerprint density at radius 1 is 1.10 bits per heavy atom. The van der Waals surface area contributed by atoms with Gasteiger partial charge in [-0.25, -0.2) is 19.3 Å². The van der Waals surface area contributed by atoms with Crippen LogP contribution in [0.1, 0.15) is 64.1 Å². The number of carbonyl (C=O) groups is 5. The van der Waals surface area contributed by atoms with Crippen LogP contribution in [0.3, 0.4) is 0 Å². The summed E-state index contributed by atoms with van der Waals surface area (Å²) >= 11 is 0. The minimum Gasteiger partial charge on any atom is -0.463 e. The Morgan fingerprint density at radius 3 is 2.40 bits per heavy atom. The van der Waals surface area contributed by atoms with Crippen molar-refractivity contribution in [2.75, 3.05) is 13.4 Å². The summed E-state index contributed by atoms with van der Waals surface area (Å²) in [6.07, 6.45) is -2.69. The number of rotatable bonds is 11. The first kappa shape index (κ1) is 32.6. The van der Waals surface area contributed by atoms with Gasteiger partial charge in [0.15, 0.2) is 0 Å². The van der Waals surface area contributed by atoms with Crippen LogP contribution in [0, 0.1) is 11.8 Å². The normalized spacial score (nSPS) is 18.3. The summed E-state index contributed by atoms with van der Waals surface area (Å²) in [5, 5.41) is 1.94. The molecule has 2 atom stereocenters. The van der Waals surface area contributed by atoms with Crippen molar-refractivity contribution >= 4 is 30.0 Å². The fraction of sp³-hybridized carbons (Fsp3) is 0.630. The van der Waals surface area contributed by atoms with Crippen molar-refractivity contribution in [2.24, 2.45) is 11.8 Å². The molecule has 1 N–H and O–H groups in total. The molecule has 2 heterocycles. The van der Waals surface area contributed by atoms with E-state index in [0.717, 1.165) is 11.3 Å². The zero-order chi connectivity index (χ0) is 31.0. The number of alkyl halides is 3. The van der Waals surface area contributed by atoms with E-state index in [0.29, 0.717) is 23.3 Å². The number of urea groups is 2. The van der Waals surface area contributed by atoms with E-state index < -0.39 is 67.0 Å². The first-order valence-corrected chi connectivity index (χ1v) is 13.7. The highest BCUT2D eigenvalue weighted by atomic mass is 19.4. The van der Waals surface area contributed by atoms with Crippen molar-refractivity contribution < 1.29 is 51.4 Å². The highest BCUT2D eigenvalue weighted by Crippen LogP contribution is 2.35.